The highest BCUT2D eigenvalue weighted by atomic mass is 35.5. The molecule has 0 fully saturated rings. The Bertz CT molecular complexity index is 815. The van der Waals surface area contributed by atoms with E-state index in [4.69, 9.17) is 22.4 Å². The van der Waals surface area contributed by atoms with Crippen LogP contribution in [0.3, 0.4) is 0 Å². The number of alkyl halides is 1. The number of rotatable bonds is 2. The van der Waals surface area contributed by atoms with Crippen molar-refractivity contribution in [3.05, 3.63) is 36.2 Å². The van der Waals surface area contributed by atoms with E-state index in [-0.39, 0.29) is 5.54 Å². The molecule has 0 aliphatic rings. The second-order valence-corrected chi connectivity index (χ2v) is 6.49. The van der Waals surface area contributed by atoms with Crippen LogP contribution in [0.4, 0.5) is 5.82 Å². The van der Waals surface area contributed by atoms with E-state index in [1.807, 2.05) is 28.9 Å². The number of hydrogen-bond donors (Lipinski definition) is 1. The number of hydrogen-bond acceptors (Lipinski definition) is 4. The van der Waals surface area contributed by atoms with Gasteiger partial charge in [0.2, 0.25) is 0 Å². The van der Waals surface area contributed by atoms with Gasteiger partial charge in [-0.1, -0.05) is 24.3 Å². The molecule has 2 N–H and O–H groups in total. The summed E-state index contributed by atoms with van der Waals surface area (Å²) in [6, 6.07) is 7.98. The summed E-state index contributed by atoms with van der Waals surface area (Å²) < 4.78 is 1.89. The lowest BCUT2D eigenvalue weighted by atomic mass is 10.1. The van der Waals surface area contributed by atoms with Crippen LogP contribution in [0.5, 0.6) is 0 Å². The van der Waals surface area contributed by atoms with E-state index in [1.165, 1.54) is 6.33 Å². The Morgan fingerprint density at radius 3 is 2.41 bits per heavy atom. The number of benzene rings is 1. The van der Waals surface area contributed by atoms with Gasteiger partial charge in [0, 0.05) is 11.4 Å². The highest BCUT2D eigenvalue weighted by Crippen LogP contribution is 2.32. The van der Waals surface area contributed by atoms with Gasteiger partial charge in [0.15, 0.2) is 5.65 Å². The number of halogens is 1. The van der Waals surface area contributed by atoms with E-state index in [1.54, 1.807) is 0 Å². The van der Waals surface area contributed by atoms with Gasteiger partial charge in [0.05, 0.1) is 10.9 Å². The minimum Gasteiger partial charge on any atom is -0.383 e. The predicted octanol–water partition coefficient (Wildman–Crippen LogP) is 3.57. The third-order valence-electron chi connectivity index (χ3n) is 3.51. The van der Waals surface area contributed by atoms with Crippen LogP contribution in [0.2, 0.25) is 0 Å². The Morgan fingerprint density at radius 2 is 1.82 bits per heavy atom. The Kier molecular flexibility index (Phi) is 3.53. The Morgan fingerprint density at radius 1 is 1.14 bits per heavy atom. The molecular formula is C16H18ClN5. The molecule has 0 saturated heterocycles. The first-order valence-corrected chi connectivity index (χ1v) is 7.60. The van der Waals surface area contributed by atoms with E-state index in [9.17, 15) is 0 Å². The molecule has 3 aromatic rings. The predicted molar refractivity (Wildman–Crippen MR) is 89.7 cm³/mol. The maximum Gasteiger partial charge on any atom is 0.164 e. The van der Waals surface area contributed by atoms with Crippen LogP contribution in [-0.4, -0.2) is 19.7 Å². The molecule has 22 heavy (non-hydrogen) atoms. The van der Waals surface area contributed by atoms with E-state index in [0.717, 1.165) is 27.9 Å². The van der Waals surface area contributed by atoms with Crippen molar-refractivity contribution in [3.8, 4) is 11.3 Å². The first-order valence-electron chi connectivity index (χ1n) is 7.07. The molecule has 0 spiro atoms. The number of nitrogens with two attached hydrogens (primary N) is 1. The molecule has 0 aliphatic carbocycles. The van der Waals surface area contributed by atoms with Gasteiger partial charge in [-0.2, -0.15) is 5.10 Å². The topological polar surface area (TPSA) is 69.6 Å². The highest BCUT2D eigenvalue weighted by molar-refractivity contribution is 6.17. The van der Waals surface area contributed by atoms with Crippen LogP contribution in [-0.2, 0) is 11.4 Å². The standard InChI is InChI=1S/C16H18ClN5/c1-16(2,3)22-15-12(14(18)19-9-20-15)13(21-22)11-6-4-10(8-17)5-7-11/h4-7,9H,8H2,1-3H3,(H2,18,19,20). The summed E-state index contributed by atoms with van der Waals surface area (Å²) in [7, 11) is 0. The van der Waals surface area contributed by atoms with Gasteiger partial charge in [-0.15, -0.1) is 11.6 Å². The third-order valence-corrected chi connectivity index (χ3v) is 3.82. The average Bonchev–Trinajstić information content (AvgIpc) is 2.88. The smallest absolute Gasteiger partial charge is 0.164 e. The average molecular weight is 316 g/mol. The molecule has 0 aliphatic heterocycles. The molecule has 0 bridgehead atoms. The molecular weight excluding hydrogens is 298 g/mol. The third kappa shape index (κ3) is 2.41. The summed E-state index contributed by atoms with van der Waals surface area (Å²) in [5.41, 5.74) is 9.46. The molecule has 2 heterocycles. The molecule has 0 amide bonds. The number of nitrogen functional groups attached to an aromatic ring is 1. The summed E-state index contributed by atoms with van der Waals surface area (Å²) in [6.07, 6.45) is 1.47. The Balaban J connectivity index is 2.29. The molecule has 114 valence electrons. The fourth-order valence-electron chi connectivity index (χ4n) is 2.40. The van der Waals surface area contributed by atoms with Crippen molar-refractivity contribution < 1.29 is 0 Å². The van der Waals surface area contributed by atoms with Crippen molar-refractivity contribution in [3.63, 3.8) is 0 Å². The number of fused-ring (bicyclic) bond motifs is 1. The Hall–Kier alpha value is -2.14. The maximum absolute atomic E-state index is 6.08. The maximum atomic E-state index is 6.08. The van der Waals surface area contributed by atoms with Crippen LogP contribution in [0, 0.1) is 0 Å². The zero-order chi connectivity index (χ0) is 15.9. The molecule has 2 aromatic heterocycles. The largest absolute Gasteiger partial charge is 0.383 e. The molecule has 0 saturated carbocycles. The van der Waals surface area contributed by atoms with E-state index < -0.39 is 0 Å². The summed E-state index contributed by atoms with van der Waals surface area (Å²) in [6.45, 7) is 6.24. The van der Waals surface area contributed by atoms with Gasteiger partial charge in [-0.3, -0.25) is 0 Å². The minimum absolute atomic E-state index is 0.201. The van der Waals surface area contributed by atoms with Crippen molar-refractivity contribution in [2.45, 2.75) is 32.2 Å². The van der Waals surface area contributed by atoms with E-state index >= 15 is 0 Å². The number of aromatic nitrogens is 4. The van der Waals surface area contributed by atoms with Crippen LogP contribution < -0.4 is 5.73 Å². The zero-order valence-corrected chi connectivity index (χ0v) is 13.6. The van der Waals surface area contributed by atoms with E-state index in [0.29, 0.717) is 11.7 Å². The second-order valence-electron chi connectivity index (χ2n) is 6.22. The first kappa shape index (κ1) is 14.8. The number of nitrogens with zero attached hydrogens (tertiary/aromatic N) is 4. The minimum atomic E-state index is -0.201. The molecule has 3 rings (SSSR count). The fourth-order valence-corrected chi connectivity index (χ4v) is 2.57. The van der Waals surface area contributed by atoms with Gasteiger partial charge in [0.25, 0.3) is 0 Å². The van der Waals surface area contributed by atoms with Crippen molar-refractivity contribution in [1.82, 2.24) is 19.7 Å². The summed E-state index contributed by atoms with van der Waals surface area (Å²) in [4.78, 5) is 8.49. The lowest BCUT2D eigenvalue weighted by molar-refractivity contribution is 0.367. The first-order chi connectivity index (χ1) is 10.4. The quantitative estimate of drug-likeness (QED) is 0.734. The molecule has 1 aromatic carbocycles. The lowest BCUT2D eigenvalue weighted by Gasteiger charge is -2.19. The van der Waals surface area contributed by atoms with Gasteiger partial charge in [-0.25, -0.2) is 14.6 Å². The molecule has 0 atom stereocenters. The van der Waals surface area contributed by atoms with Crippen LogP contribution in [0.25, 0.3) is 22.3 Å². The van der Waals surface area contributed by atoms with Crippen LogP contribution >= 0.6 is 11.6 Å². The normalized spacial score (nSPS) is 12.0. The van der Waals surface area contributed by atoms with Crippen LogP contribution in [0.1, 0.15) is 26.3 Å². The van der Waals surface area contributed by atoms with Gasteiger partial charge >= 0.3 is 0 Å². The second kappa shape index (κ2) is 5.25. The van der Waals surface area contributed by atoms with Gasteiger partial charge in [-0.05, 0) is 26.3 Å². The summed E-state index contributed by atoms with van der Waals surface area (Å²) in [5.74, 6) is 0.930. The lowest BCUT2D eigenvalue weighted by Crippen LogP contribution is -2.23. The van der Waals surface area contributed by atoms with Crippen molar-refractivity contribution >= 4 is 28.5 Å². The number of anilines is 1. The summed E-state index contributed by atoms with van der Waals surface area (Å²) >= 11 is 5.85. The highest BCUT2D eigenvalue weighted by Gasteiger charge is 2.23. The molecule has 0 radical (unpaired) electrons. The molecule has 5 nitrogen and oxygen atoms in total. The fraction of sp³-hybridized carbons (Fsp3) is 0.312. The molecule has 0 unspecified atom stereocenters. The van der Waals surface area contributed by atoms with Crippen LogP contribution in [0.15, 0.2) is 30.6 Å². The SMILES string of the molecule is CC(C)(C)n1nc(-c2ccc(CCl)cc2)c2c(N)ncnc21. The van der Waals surface area contributed by atoms with Crippen molar-refractivity contribution in [1.29, 1.82) is 0 Å². The van der Waals surface area contributed by atoms with Crippen molar-refractivity contribution in [2.24, 2.45) is 0 Å². The molecule has 6 heteroatoms. The van der Waals surface area contributed by atoms with Gasteiger partial charge < -0.3 is 5.73 Å². The monoisotopic (exact) mass is 315 g/mol. The van der Waals surface area contributed by atoms with Crippen molar-refractivity contribution in [2.75, 3.05) is 5.73 Å². The Labute approximate surface area is 134 Å². The van der Waals surface area contributed by atoms with Gasteiger partial charge in [0.1, 0.15) is 17.8 Å². The summed E-state index contributed by atoms with van der Waals surface area (Å²) in [5, 5.41) is 5.54. The zero-order valence-electron chi connectivity index (χ0n) is 12.8. The van der Waals surface area contributed by atoms with E-state index in [2.05, 4.69) is 30.7 Å².